The van der Waals surface area contributed by atoms with E-state index >= 15 is 0 Å². The second kappa shape index (κ2) is 24.5. The van der Waals surface area contributed by atoms with E-state index in [1.807, 2.05) is 13.0 Å². The van der Waals surface area contributed by atoms with E-state index in [9.17, 15) is 107 Å². The number of alkyl halides is 22. The van der Waals surface area contributed by atoms with Gasteiger partial charge < -0.3 is 25.2 Å². The van der Waals surface area contributed by atoms with Gasteiger partial charge in [0.15, 0.2) is 11.6 Å². The van der Waals surface area contributed by atoms with Crippen LogP contribution in [0.2, 0.25) is 0 Å². The molecule has 4 rings (SSSR count). The number of ketones is 2. The number of nitrogens with two attached hydrogens (primary N) is 2. The Morgan fingerprint density at radius 2 is 0.909 bits per heavy atom. The molecule has 4 aromatic rings. The Bertz CT molecular complexity index is 2750. The molecule has 2 unspecified atom stereocenters. The number of carbonyl (C=O) groups is 4. The molecule has 2 atom stereocenters. The van der Waals surface area contributed by atoms with Crippen molar-refractivity contribution in [2.75, 3.05) is 11.5 Å². The lowest BCUT2D eigenvalue weighted by atomic mass is 9.99. The monoisotopic (exact) mass is 1220 g/mol. The maximum atomic E-state index is 14.4. The van der Waals surface area contributed by atoms with Crippen LogP contribution in [-0.4, -0.2) is 82.0 Å². The highest BCUT2D eigenvalue weighted by atomic mass is 35.5. The summed E-state index contributed by atoms with van der Waals surface area (Å²) < 4.78 is 278. The predicted molar refractivity (Wildman–Crippen MR) is 228 cm³/mol. The molecule has 0 radical (unpaired) electrons. The summed E-state index contributed by atoms with van der Waals surface area (Å²) in [6.07, 6.45) is -39.6. The van der Waals surface area contributed by atoms with E-state index in [1.54, 1.807) is 42.5 Å². The van der Waals surface area contributed by atoms with Crippen molar-refractivity contribution >= 4 is 80.8 Å². The van der Waals surface area contributed by atoms with Crippen LogP contribution in [0.25, 0.3) is 0 Å². The first kappa shape index (κ1) is 67.3. The molecule has 4 aromatic carbocycles. The number of hydrogen-bond donors (Lipinski definition) is 2. The Kier molecular flexibility index (Phi) is 21.4. The summed E-state index contributed by atoms with van der Waals surface area (Å²) in [7, 11) is 0. The molecular formula is C42H28Cl4F20N2O9. The van der Waals surface area contributed by atoms with Gasteiger partial charge in [-0.25, -0.2) is 4.79 Å². The molecular weight excluding hydrogens is 1200 g/mol. The number of Topliss-reactive ketones (excluding diaryl/α,β-unsaturated/α-hetero) is 2. The van der Waals surface area contributed by atoms with Crippen LogP contribution in [0.4, 0.5) is 99.2 Å². The molecule has 4 N–H and O–H groups in total. The van der Waals surface area contributed by atoms with Crippen molar-refractivity contribution < 1.29 is 130 Å². The van der Waals surface area contributed by atoms with Crippen LogP contribution in [0, 0.1) is 0 Å². The third kappa shape index (κ3) is 16.6. The van der Waals surface area contributed by atoms with Gasteiger partial charge in [0, 0.05) is 23.4 Å². The van der Waals surface area contributed by atoms with Crippen LogP contribution in [-0.2, 0) is 26.6 Å². The van der Waals surface area contributed by atoms with Crippen molar-refractivity contribution in [3.8, 4) is 11.5 Å². The van der Waals surface area contributed by atoms with E-state index in [1.165, 1.54) is 0 Å². The lowest BCUT2D eigenvalue weighted by molar-refractivity contribution is -0.470. The van der Waals surface area contributed by atoms with Crippen LogP contribution in [0.5, 0.6) is 11.5 Å². The highest BCUT2D eigenvalue weighted by Crippen LogP contribution is 2.54. The SMILES string of the molecule is CCc1cccc(CC(=O)c2ccc(C(C)=O)c(OC(F)(F)C(F)(Cl)OC(F)(F)C(F)(F)C(F)(F)F)c2)c1.Nc1cccc(N)c1.O=C(OCl)c1ccc(C(=O)Cl)c(OC(F)(F)C(F)(Cl)OC(F)(F)C(F)(F)C(F)(F)F)c1. The largest absolute Gasteiger partial charge is 0.476 e. The minimum absolute atomic E-state index is 0.170. The van der Waals surface area contributed by atoms with E-state index in [-0.39, 0.29) is 12.5 Å². The fourth-order valence-corrected chi connectivity index (χ4v) is 5.63. The van der Waals surface area contributed by atoms with Gasteiger partial charge >= 0.3 is 65.2 Å². The maximum Gasteiger partial charge on any atom is 0.476 e. The first-order valence-corrected chi connectivity index (χ1v) is 21.1. The van der Waals surface area contributed by atoms with Gasteiger partial charge in [-0.05, 0) is 108 Å². The second-order valence-electron chi connectivity index (χ2n) is 14.7. The number of rotatable bonds is 19. The third-order valence-corrected chi connectivity index (χ3v) is 9.90. The Hall–Kier alpha value is -5.76. The van der Waals surface area contributed by atoms with Crippen molar-refractivity contribution in [3.05, 3.63) is 118 Å². The van der Waals surface area contributed by atoms with Gasteiger partial charge in [0.1, 0.15) is 23.4 Å². The predicted octanol–water partition coefficient (Wildman–Crippen LogP) is 14.4. The Labute approximate surface area is 437 Å². The van der Waals surface area contributed by atoms with Gasteiger partial charge in [-0.15, -0.1) is 0 Å². The van der Waals surface area contributed by atoms with Crippen molar-refractivity contribution in [3.63, 3.8) is 0 Å². The standard InChI is InChI=1S/C23H17ClF10O4.C13H3Cl3F10O5.C6H8N2/c1-3-13-5-4-6-14(9-13)10-17(36)15-7-8-16(12(2)35)18(11-15)37-23(33,34)20(24,27)38-22(31,32)19(25,26)21(28,29)30;14-7(27)5-2-1-4(8(28)30-16)3-6(5)29-13(25,26)10(15,19)31-12(23,24)9(17,18)11(20,21)22;7-5-2-1-3-6(8)4-5/h4-9,11H,3,10H2,1-2H3;1-3H;1-4H,7-8H2. The molecule has 77 heavy (non-hydrogen) atoms. The normalized spacial score (nSPS) is 14.3. The van der Waals surface area contributed by atoms with Crippen LogP contribution in [0.3, 0.4) is 0 Å². The summed E-state index contributed by atoms with van der Waals surface area (Å²) in [5.41, 5.74) is 10.5. The number of ether oxygens (including phenoxy) is 4. The van der Waals surface area contributed by atoms with Crippen LogP contribution in [0.15, 0.2) is 84.9 Å². The quantitative estimate of drug-likeness (QED) is 0.0302. The summed E-state index contributed by atoms with van der Waals surface area (Å²) in [6.45, 7) is 2.65. The van der Waals surface area contributed by atoms with Crippen molar-refractivity contribution in [2.24, 2.45) is 0 Å². The number of carbonyl (C=O) groups excluding carboxylic acids is 4. The zero-order chi connectivity index (χ0) is 59.9. The topological polar surface area (TPSA) is 166 Å². The average Bonchev–Trinajstić information content (AvgIpc) is 3.27. The molecule has 0 aliphatic heterocycles. The van der Waals surface area contributed by atoms with Gasteiger partial charge in [-0.2, -0.15) is 87.8 Å². The maximum absolute atomic E-state index is 14.4. The van der Waals surface area contributed by atoms with E-state index in [4.69, 9.17) is 34.9 Å². The zero-order valence-corrected chi connectivity index (χ0v) is 40.4. The molecule has 0 saturated heterocycles. The molecule has 0 fully saturated rings. The molecule has 0 saturated carbocycles. The number of anilines is 2. The molecule has 0 aliphatic rings. The van der Waals surface area contributed by atoms with Crippen LogP contribution >= 0.6 is 46.7 Å². The number of benzene rings is 4. The lowest BCUT2D eigenvalue weighted by Crippen LogP contribution is -2.59. The number of halogens is 24. The summed E-state index contributed by atoms with van der Waals surface area (Å²) in [5, 5.41) is -13.3. The second-order valence-corrected chi connectivity index (χ2v) is 16.2. The summed E-state index contributed by atoms with van der Waals surface area (Å²) in [5.74, 6) is -20.5. The van der Waals surface area contributed by atoms with Crippen molar-refractivity contribution in [1.29, 1.82) is 0 Å². The van der Waals surface area contributed by atoms with Gasteiger partial charge in [-0.3, -0.25) is 23.9 Å². The molecule has 35 heteroatoms. The smallest absolute Gasteiger partial charge is 0.426 e. The summed E-state index contributed by atoms with van der Waals surface area (Å²) in [4.78, 5) is 47.0. The first-order chi connectivity index (χ1) is 34.6. The fraction of sp³-hybridized carbons (Fsp3) is 0.333. The van der Waals surface area contributed by atoms with Crippen LogP contribution < -0.4 is 20.9 Å². The molecule has 0 bridgehead atoms. The fourth-order valence-electron chi connectivity index (χ4n) is 5.11. The van der Waals surface area contributed by atoms with E-state index in [2.05, 4.69) is 46.4 Å². The molecule has 0 amide bonds. The Morgan fingerprint density at radius 3 is 1.29 bits per heavy atom. The Morgan fingerprint density at radius 1 is 0.519 bits per heavy atom. The van der Waals surface area contributed by atoms with E-state index in [0.29, 0.717) is 41.6 Å². The minimum Gasteiger partial charge on any atom is -0.426 e. The van der Waals surface area contributed by atoms with Crippen LogP contribution in [0.1, 0.15) is 66.4 Å². The molecule has 0 aromatic heterocycles. The van der Waals surface area contributed by atoms with Crippen molar-refractivity contribution in [1.82, 2.24) is 0 Å². The Balaban J connectivity index is 0.000000465. The third-order valence-electron chi connectivity index (χ3n) is 8.97. The molecule has 428 valence electrons. The van der Waals surface area contributed by atoms with Crippen molar-refractivity contribution in [2.45, 2.75) is 85.9 Å². The molecule has 0 spiro atoms. The van der Waals surface area contributed by atoms with Gasteiger partial charge in [0.25, 0.3) is 5.24 Å². The number of hydrogen-bond acceptors (Lipinski definition) is 11. The number of aryl methyl sites for hydroxylation is 1. The number of nitrogen functional groups attached to an aromatic ring is 2. The highest BCUT2D eigenvalue weighted by molar-refractivity contribution is 6.68. The molecule has 11 nitrogen and oxygen atoms in total. The molecule has 0 heterocycles. The average molecular weight is 1230 g/mol. The van der Waals surface area contributed by atoms with Gasteiger partial charge in [-0.1, -0.05) is 43.3 Å². The minimum atomic E-state index is -7.18. The summed E-state index contributed by atoms with van der Waals surface area (Å²) in [6, 6.07) is 17.4. The highest BCUT2D eigenvalue weighted by Gasteiger charge is 2.80. The zero-order valence-electron chi connectivity index (χ0n) is 37.4. The summed E-state index contributed by atoms with van der Waals surface area (Å²) >= 11 is 18.5. The first-order valence-electron chi connectivity index (χ1n) is 19.6. The lowest BCUT2D eigenvalue weighted by Gasteiger charge is -2.34. The van der Waals surface area contributed by atoms with Gasteiger partial charge in [0.05, 0.1) is 16.7 Å². The molecule has 0 aliphatic carbocycles. The van der Waals surface area contributed by atoms with E-state index in [0.717, 1.165) is 24.6 Å². The van der Waals surface area contributed by atoms with Gasteiger partial charge in [0.2, 0.25) is 0 Å². The van der Waals surface area contributed by atoms with E-state index < -0.39 is 116 Å².